The molecule has 0 saturated carbocycles. The van der Waals surface area contributed by atoms with E-state index in [2.05, 4.69) is 24.0 Å². The number of carbonyl (C=O) groups excluding carboxylic acids is 1. The summed E-state index contributed by atoms with van der Waals surface area (Å²) in [5, 5.41) is 20.3. The third-order valence-corrected chi connectivity index (χ3v) is 8.96. The van der Waals surface area contributed by atoms with Gasteiger partial charge in [0.2, 0.25) is 9.84 Å². The third kappa shape index (κ3) is 7.56. The molecule has 1 N–H and O–H groups in total. The van der Waals surface area contributed by atoms with Crippen LogP contribution in [0.1, 0.15) is 77.8 Å². The van der Waals surface area contributed by atoms with Crippen molar-refractivity contribution in [2.45, 2.75) is 88.3 Å². The molecular weight excluding hydrogens is 550 g/mol. The lowest BCUT2D eigenvalue weighted by molar-refractivity contribution is -0.143. The highest BCUT2D eigenvalue weighted by Crippen LogP contribution is 2.37. The molecule has 0 unspecified atom stereocenters. The molecule has 3 aromatic carbocycles. The number of ether oxygens (including phenoxy) is 1. The second kappa shape index (κ2) is 13.1. The van der Waals surface area contributed by atoms with Crippen molar-refractivity contribution in [3.05, 3.63) is 71.8 Å². The van der Waals surface area contributed by atoms with Gasteiger partial charge in [0.05, 0.1) is 16.4 Å². The molecule has 4 aromatic rings. The van der Waals surface area contributed by atoms with Crippen LogP contribution in [0.2, 0.25) is 0 Å². The Balaban J connectivity index is 1.56. The van der Waals surface area contributed by atoms with Gasteiger partial charge in [0.15, 0.2) is 0 Å². The lowest BCUT2D eigenvalue weighted by Crippen LogP contribution is -2.14. The predicted octanol–water partition coefficient (Wildman–Crippen LogP) is 6.95. The first-order valence-corrected chi connectivity index (χ1v) is 16.0. The van der Waals surface area contributed by atoms with Gasteiger partial charge >= 0.3 is 5.97 Å². The van der Waals surface area contributed by atoms with E-state index in [9.17, 15) is 18.3 Å². The van der Waals surface area contributed by atoms with Gasteiger partial charge in [0.25, 0.3) is 0 Å². The second-order valence-corrected chi connectivity index (χ2v) is 14.1. The van der Waals surface area contributed by atoms with Crippen LogP contribution >= 0.6 is 0 Å². The molecule has 0 saturated heterocycles. The van der Waals surface area contributed by atoms with E-state index in [0.717, 1.165) is 24.8 Å². The van der Waals surface area contributed by atoms with Gasteiger partial charge in [0, 0.05) is 12.0 Å². The zero-order valence-corrected chi connectivity index (χ0v) is 25.9. The Hall–Kier alpha value is -3.72. The molecule has 0 amide bonds. The molecule has 0 aliphatic heterocycles. The first-order valence-electron chi connectivity index (χ1n) is 14.6. The van der Waals surface area contributed by atoms with Crippen LogP contribution in [0.15, 0.2) is 70.5 Å². The number of fused-ring (bicyclic) bond motifs is 1. The fourth-order valence-corrected chi connectivity index (χ4v) is 6.09. The highest BCUT2D eigenvalue weighted by molar-refractivity contribution is 7.91. The second-order valence-electron chi connectivity index (χ2n) is 12.2. The summed E-state index contributed by atoms with van der Waals surface area (Å²) in [4.78, 5) is 14.1. The van der Waals surface area contributed by atoms with Gasteiger partial charge in [-0.05, 0) is 66.1 Å². The van der Waals surface area contributed by atoms with Crippen LogP contribution in [0.5, 0.6) is 5.75 Å². The molecule has 224 valence electrons. The summed E-state index contributed by atoms with van der Waals surface area (Å²) in [7, 11) is -3.73. The summed E-state index contributed by atoms with van der Waals surface area (Å²) in [6.07, 6.45) is 4.89. The van der Waals surface area contributed by atoms with Crippen molar-refractivity contribution < 1.29 is 23.1 Å². The van der Waals surface area contributed by atoms with Gasteiger partial charge in [-0.15, -0.1) is 15.0 Å². The number of benzene rings is 3. The number of aryl methyl sites for hydroxylation is 1. The Kier molecular flexibility index (Phi) is 9.71. The van der Waals surface area contributed by atoms with Crippen LogP contribution in [0.25, 0.3) is 16.7 Å². The van der Waals surface area contributed by atoms with E-state index >= 15 is 0 Å². The van der Waals surface area contributed by atoms with Gasteiger partial charge in [-0.3, -0.25) is 4.79 Å². The van der Waals surface area contributed by atoms with Crippen molar-refractivity contribution in [1.82, 2.24) is 15.0 Å². The normalized spacial score (nSPS) is 12.2. The van der Waals surface area contributed by atoms with E-state index in [1.54, 1.807) is 42.5 Å². The highest BCUT2D eigenvalue weighted by Gasteiger charge is 2.24. The number of esters is 1. The number of hydrogen-bond donors (Lipinski definition) is 1. The number of carbonyl (C=O) groups is 1. The van der Waals surface area contributed by atoms with Crippen LogP contribution in [-0.2, 0) is 31.2 Å². The van der Waals surface area contributed by atoms with Gasteiger partial charge in [-0.25, -0.2) is 8.42 Å². The van der Waals surface area contributed by atoms with Gasteiger partial charge in [-0.1, -0.05) is 78.1 Å². The summed E-state index contributed by atoms with van der Waals surface area (Å²) in [6.45, 7) is 10.8. The minimum absolute atomic E-state index is 0.0349. The Morgan fingerprint density at radius 3 is 2.33 bits per heavy atom. The van der Waals surface area contributed by atoms with E-state index in [1.165, 1.54) is 23.4 Å². The highest BCUT2D eigenvalue weighted by atomic mass is 32.2. The van der Waals surface area contributed by atoms with Crippen molar-refractivity contribution in [1.29, 1.82) is 0 Å². The largest absolute Gasteiger partial charge is 0.505 e. The standard InChI is InChI=1S/C33H41N3O5S/c1-23(2)12-8-7-11-19-41-31(37)18-15-24-20-27(33(3,4)5)32(38)30(21-24)36-34-28-17-16-26(22-29(28)35-36)42(39,40)25-13-9-6-10-14-25/h6,9-10,13-14,16-17,20-23,38H,7-8,11-12,15,18-19H2,1-5H3. The predicted molar refractivity (Wildman–Crippen MR) is 164 cm³/mol. The average molecular weight is 592 g/mol. The quantitative estimate of drug-likeness (QED) is 0.140. The molecule has 8 nitrogen and oxygen atoms in total. The lowest BCUT2D eigenvalue weighted by atomic mass is 9.84. The maximum atomic E-state index is 13.1. The Labute approximate surface area is 248 Å². The fraction of sp³-hybridized carbons (Fsp3) is 0.424. The number of hydrogen-bond acceptors (Lipinski definition) is 7. The van der Waals surface area contributed by atoms with Crippen molar-refractivity contribution in [3.63, 3.8) is 0 Å². The van der Waals surface area contributed by atoms with Crippen molar-refractivity contribution >= 4 is 26.8 Å². The van der Waals surface area contributed by atoms with Crippen molar-refractivity contribution in [2.75, 3.05) is 6.61 Å². The molecule has 0 radical (unpaired) electrons. The van der Waals surface area contributed by atoms with E-state index in [-0.39, 0.29) is 27.9 Å². The summed E-state index contributed by atoms with van der Waals surface area (Å²) >= 11 is 0. The van der Waals surface area contributed by atoms with Crippen LogP contribution < -0.4 is 0 Å². The molecule has 0 aliphatic rings. The van der Waals surface area contributed by atoms with Gasteiger partial charge < -0.3 is 9.84 Å². The molecule has 0 bridgehead atoms. The van der Waals surface area contributed by atoms with Gasteiger partial charge in [-0.2, -0.15) is 0 Å². The first kappa shape index (κ1) is 31.2. The molecule has 0 fully saturated rings. The minimum atomic E-state index is -3.73. The van der Waals surface area contributed by atoms with Crippen molar-refractivity contribution in [2.24, 2.45) is 5.92 Å². The molecule has 0 aliphatic carbocycles. The number of aromatic hydroxyl groups is 1. The summed E-state index contributed by atoms with van der Waals surface area (Å²) in [5.41, 5.74) is 2.37. The molecule has 0 atom stereocenters. The molecular formula is C33H41N3O5S. The average Bonchev–Trinajstić information content (AvgIpc) is 3.37. The molecule has 1 aromatic heterocycles. The number of aromatic nitrogens is 3. The van der Waals surface area contributed by atoms with E-state index in [1.807, 2.05) is 26.8 Å². The maximum absolute atomic E-state index is 13.1. The molecule has 42 heavy (non-hydrogen) atoms. The number of nitrogens with zero attached hydrogens (tertiary/aromatic N) is 3. The van der Waals surface area contributed by atoms with E-state index in [4.69, 9.17) is 4.74 Å². The first-order chi connectivity index (χ1) is 19.9. The number of rotatable bonds is 12. The minimum Gasteiger partial charge on any atom is -0.505 e. The van der Waals surface area contributed by atoms with Crippen LogP contribution in [0.4, 0.5) is 0 Å². The number of sulfone groups is 1. The molecule has 9 heteroatoms. The zero-order valence-electron chi connectivity index (χ0n) is 25.1. The van der Waals surface area contributed by atoms with Crippen LogP contribution in [0.3, 0.4) is 0 Å². The van der Waals surface area contributed by atoms with Crippen LogP contribution in [0, 0.1) is 5.92 Å². The Morgan fingerprint density at radius 2 is 1.64 bits per heavy atom. The molecule has 4 rings (SSSR count). The summed E-state index contributed by atoms with van der Waals surface area (Å²) in [5.74, 6) is 0.470. The molecule has 1 heterocycles. The van der Waals surface area contributed by atoms with Crippen LogP contribution in [-0.4, -0.2) is 41.1 Å². The monoisotopic (exact) mass is 591 g/mol. The Bertz CT molecular complexity index is 1640. The fourth-order valence-electron chi connectivity index (χ4n) is 4.79. The number of unbranched alkanes of at least 4 members (excludes halogenated alkanes) is 2. The summed E-state index contributed by atoms with van der Waals surface area (Å²) in [6, 6.07) is 16.5. The summed E-state index contributed by atoms with van der Waals surface area (Å²) < 4.78 is 31.7. The third-order valence-electron chi connectivity index (χ3n) is 7.20. The maximum Gasteiger partial charge on any atom is 0.306 e. The zero-order chi connectivity index (χ0) is 30.5. The Morgan fingerprint density at radius 1 is 0.929 bits per heavy atom. The number of phenolic OH excluding ortho intramolecular Hbond substituents is 1. The van der Waals surface area contributed by atoms with E-state index < -0.39 is 15.3 Å². The van der Waals surface area contributed by atoms with E-state index in [0.29, 0.717) is 41.2 Å². The topological polar surface area (TPSA) is 111 Å². The van der Waals surface area contributed by atoms with Crippen molar-refractivity contribution in [3.8, 4) is 11.4 Å². The SMILES string of the molecule is CC(C)CCCCCOC(=O)CCc1cc(-n2nc3ccc(S(=O)(=O)c4ccccc4)cc3n2)c(O)c(C(C)(C)C)c1. The lowest BCUT2D eigenvalue weighted by Gasteiger charge is -2.23. The number of phenols is 1. The molecule has 0 spiro atoms. The smallest absolute Gasteiger partial charge is 0.306 e. The van der Waals surface area contributed by atoms with Gasteiger partial charge in [0.1, 0.15) is 22.5 Å².